The number of carbonyl (C=O) groups excluding carboxylic acids is 1. The predicted octanol–water partition coefficient (Wildman–Crippen LogP) is 2.88. The highest BCUT2D eigenvalue weighted by Crippen LogP contribution is 2.27. The Balaban J connectivity index is 2.76. The van der Waals surface area contributed by atoms with Gasteiger partial charge >= 0.3 is 0 Å². The van der Waals surface area contributed by atoms with Crippen LogP contribution in [0.1, 0.15) is 31.4 Å². The second kappa shape index (κ2) is 6.09. The van der Waals surface area contributed by atoms with Crippen LogP contribution in [0.2, 0.25) is 0 Å². The molecule has 0 fully saturated rings. The molecule has 0 heterocycles. The summed E-state index contributed by atoms with van der Waals surface area (Å²) >= 11 is 0. The van der Waals surface area contributed by atoms with Crippen molar-refractivity contribution in [3.8, 4) is 5.75 Å². The number of phenolic OH excluding ortho intramolecular Hbond substituents is 1. The molecular formula is C14H19NO2. The Morgan fingerprint density at radius 2 is 2.18 bits per heavy atom. The van der Waals surface area contributed by atoms with Crippen LogP contribution in [-0.2, 0) is 4.79 Å². The number of para-hydroxylation sites is 1. The van der Waals surface area contributed by atoms with Crippen LogP contribution in [0.5, 0.6) is 5.75 Å². The third-order valence-electron chi connectivity index (χ3n) is 2.92. The number of benzene rings is 1. The molecule has 1 rings (SSSR count). The summed E-state index contributed by atoms with van der Waals surface area (Å²) in [6.07, 6.45) is 2.87. The molecule has 1 atom stereocenters. The number of hydrogen-bond acceptors (Lipinski definition) is 2. The number of nitrogens with zero attached hydrogens (tertiary/aromatic N) is 1. The molecule has 0 saturated heterocycles. The highest BCUT2D eigenvalue weighted by molar-refractivity contribution is 5.76. The number of aromatic hydroxyl groups is 1. The van der Waals surface area contributed by atoms with Gasteiger partial charge in [-0.25, -0.2) is 0 Å². The topological polar surface area (TPSA) is 40.5 Å². The van der Waals surface area contributed by atoms with E-state index in [4.69, 9.17) is 0 Å². The van der Waals surface area contributed by atoms with Gasteiger partial charge in [0.1, 0.15) is 5.75 Å². The third kappa shape index (κ3) is 3.34. The van der Waals surface area contributed by atoms with Crippen molar-refractivity contribution in [2.24, 2.45) is 0 Å². The lowest BCUT2D eigenvalue weighted by Crippen LogP contribution is -2.29. The van der Waals surface area contributed by atoms with Crippen molar-refractivity contribution in [1.29, 1.82) is 0 Å². The number of phenols is 1. The van der Waals surface area contributed by atoms with Gasteiger partial charge in [0, 0.05) is 19.0 Å². The molecule has 0 spiro atoms. The van der Waals surface area contributed by atoms with E-state index in [9.17, 15) is 9.90 Å². The summed E-state index contributed by atoms with van der Waals surface area (Å²) in [5.74, 6) is 0.282. The van der Waals surface area contributed by atoms with Crippen molar-refractivity contribution in [3.05, 3.63) is 42.5 Å². The van der Waals surface area contributed by atoms with Crippen LogP contribution in [0.15, 0.2) is 36.9 Å². The van der Waals surface area contributed by atoms with Gasteiger partial charge in [0.25, 0.3) is 0 Å². The fraction of sp³-hybridized carbons (Fsp3) is 0.357. The molecule has 17 heavy (non-hydrogen) atoms. The van der Waals surface area contributed by atoms with E-state index in [0.29, 0.717) is 12.8 Å². The molecule has 0 saturated carbocycles. The standard InChI is InChI=1S/C14H19NO2/c1-4-5-10-14(17)15(3)11(2)12-8-6-7-9-13(12)16/h4,6-9,11,16H,1,5,10H2,2-3H3. The summed E-state index contributed by atoms with van der Waals surface area (Å²) in [6.45, 7) is 5.50. The van der Waals surface area contributed by atoms with E-state index in [-0.39, 0.29) is 17.7 Å². The van der Waals surface area contributed by atoms with E-state index in [2.05, 4.69) is 6.58 Å². The minimum absolute atomic E-state index is 0.0562. The Bertz CT molecular complexity index is 401. The quantitative estimate of drug-likeness (QED) is 0.794. The summed E-state index contributed by atoms with van der Waals surface area (Å²) < 4.78 is 0. The number of amides is 1. The molecule has 0 aliphatic heterocycles. The van der Waals surface area contributed by atoms with E-state index >= 15 is 0 Å². The van der Waals surface area contributed by atoms with Gasteiger partial charge < -0.3 is 10.0 Å². The number of hydrogen-bond donors (Lipinski definition) is 1. The van der Waals surface area contributed by atoms with Crippen LogP contribution in [0.4, 0.5) is 0 Å². The van der Waals surface area contributed by atoms with Crippen molar-refractivity contribution < 1.29 is 9.90 Å². The van der Waals surface area contributed by atoms with Crippen LogP contribution in [0, 0.1) is 0 Å². The van der Waals surface area contributed by atoms with Crippen molar-refractivity contribution in [1.82, 2.24) is 4.90 Å². The monoisotopic (exact) mass is 233 g/mol. The molecule has 0 radical (unpaired) electrons. The maximum absolute atomic E-state index is 11.8. The van der Waals surface area contributed by atoms with Crippen LogP contribution in [-0.4, -0.2) is 23.0 Å². The van der Waals surface area contributed by atoms with Gasteiger partial charge in [0.15, 0.2) is 0 Å². The van der Waals surface area contributed by atoms with Crippen molar-refractivity contribution >= 4 is 5.91 Å². The van der Waals surface area contributed by atoms with Crippen LogP contribution < -0.4 is 0 Å². The molecule has 3 nitrogen and oxygen atoms in total. The fourth-order valence-electron chi connectivity index (χ4n) is 1.67. The average molecular weight is 233 g/mol. The molecule has 1 aromatic carbocycles. The summed E-state index contributed by atoms with van der Waals surface area (Å²) in [4.78, 5) is 13.5. The van der Waals surface area contributed by atoms with E-state index in [1.54, 1.807) is 30.2 Å². The molecule has 0 aromatic heterocycles. The first-order valence-corrected chi connectivity index (χ1v) is 5.72. The van der Waals surface area contributed by atoms with Gasteiger partial charge in [-0.3, -0.25) is 4.79 Å². The zero-order chi connectivity index (χ0) is 12.8. The minimum Gasteiger partial charge on any atom is -0.508 e. The van der Waals surface area contributed by atoms with E-state index in [0.717, 1.165) is 5.56 Å². The highest BCUT2D eigenvalue weighted by atomic mass is 16.3. The molecule has 92 valence electrons. The van der Waals surface area contributed by atoms with E-state index in [1.165, 1.54) is 0 Å². The maximum Gasteiger partial charge on any atom is 0.223 e. The van der Waals surface area contributed by atoms with Crippen LogP contribution in [0.25, 0.3) is 0 Å². The molecule has 1 N–H and O–H groups in total. The number of allylic oxidation sites excluding steroid dienone is 1. The van der Waals surface area contributed by atoms with Crippen LogP contribution in [0.3, 0.4) is 0 Å². The second-order valence-electron chi connectivity index (χ2n) is 4.07. The number of rotatable bonds is 5. The fourth-order valence-corrected chi connectivity index (χ4v) is 1.67. The van der Waals surface area contributed by atoms with Gasteiger partial charge in [-0.1, -0.05) is 24.3 Å². The zero-order valence-electron chi connectivity index (χ0n) is 10.4. The van der Waals surface area contributed by atoms with Crippen molar-refractivity contribution in [2.75, 3.05) is 7.05 Å². The third-order valence-corrected chi connectivity index (χ3v) is 2.92. The lowest BCUT2D eigenvalue weighted by molar-refractivity contribution is -0.131. The van der Waals surface area contributed by atoms with Gasteiger partial charge in [-0.05, 0) is 19.4 Å². The molecule has 1 amide bonds. The molecule has 0 aliphatic carbocycles. The average Bonchev–Trinajstić information content (AvgIpc) is 2.34. The SMILES string of the molecule is C=CCCC(=O)N(C)C(C)c1ccccc1O. The second-order valence-corrected chi connectivity index (χ2v) is 4.07. The summed E-state index contributed by atoms with van der Waals surface area (Å²) in [7, 11) is 1.75. The molecule has 3 heteroatoms. The minimum atomic E-state index is -0.131. The zero-order valence-corrected chi connectivity index (χ0v) is 10.4. The van der Waals surface area contributed by atoms with E-state index < -0.39 is 0 Å². The van der Waals surface area contributed by atoms with Gasteiger partial charge in [0.2, 0.25) is 5.91 Å². The Labute approximate surface area is 102 Å². The Morgan fingerprint density at radius 1 is 1.53 bits per heavy atom. The Kier molecular flexibility index (Phi) is 4.76. The largest absolute Gasteiger partial charge is 0.508 e. The normalized spacial score (nSPS) is 11.9. The smallest absolute Gasteiger partial charge is 0.223 e. The Morgan fingerprint density at radius 3 is 2.76 bits per heavy atom. The Hall–Kier alpha value is -1.77. The first-order chi connectivity index (χ1) is 8.07. The lowest BCUT2D eigenvalue weighted by atomic mass is 10.1. The number of carbonyl (C=O) groups is 1. The van der Waals surface area contributed by atoms with Crippen molar-refractivity contribution in [2.45, 2.75) is 25.8 Å². The molecule has 1 unspecified atom stereocenters. The first kappa shape index (κ1) is 13.3. The van der Waals surface area contributed by atoms with Gasteiger partial charge in [0.05, 0.1) is 6.04 Å². The summed E-state index contributed by atoms with van der Waals surface area (Å²) in [6, 6.07) is 6.96. The van der Waals surface area contributed by atoms with E-state index in [1.807, 2.05) is 19.1 Å². The van der Waals surface area contributed by atoms with Gasteiger partial charge in [-0.15, -0.1) is 6.58 Å². The molecular weight excluding hydrogens is 214 g/mol. The van der Waals surface area contributed by atoms with Crippen molar-refractivity contribution in [3.63, 3.8) is 0 Å². The first-order valence-electron chi connectivity index (χ1n) is 5.72. The van der Waals surface area contributed by atoms with Crippen LogP contribution >= 0.6 is 0 Å². The molecule has 0 bridgehead atoms. The summed E-state index contributed by atoms with van der Waals surface area (Å²) in [5.41, 5.74) is 0.766. The maximum atomic E-state index is 11.8. The van der Waals surface area contributed by atoms with Gasteiger partial charge in [-0.2, -0.15) is 0 Å². The lowest BCUT2D eigenvalue weighted by Gasteiger charge is -2.25. The predicted molar refractivity (Wildman–Crippen MR) is 68.7 cm³/mol. The molecule has 0 aliphatic rings. The summed E-state index contributed by atoms with van der Waals surface area (Å²) in [5, 5.41) is 9.73. The molecule has 1 aromatic rings. The highest BCUT2D eigenvalue weighted by Gasteiger charge is 2.18.